The van der Waals surface area contributed by atoms with Crippen LogP contribution in [0.4, 0.5) is 0 Å². The maximum atomic E-state index is 4.48. The minimum atomic E-state index is 1.01. The van der Waals surface area contributed by atoms with Gasteiger partial charge in [-0.25, -0.2) is 9.97 Å². The molecule has 2 rings (SSSR count). The summed E-state index contributed by atoms with van der Waals surface area (Å²) in [5, 5.41) is 0. The van der Waals surface area contributed by atoms with E-state index in [0.29, 0.717) is 0 Å². The van der Waals surface area contributed by atoms with Gasteiger partial charge in [-0.2, -0.15) is 0 Å². The van der Waals surface area contributed by atoms with E-state index in [1.807, 2.05) is 11.6 Å². The van der Waals surface area contributed by atoms with Crippen molar-refractivity contribution >= 4 is 21.7 Å². The molecule has 0 fully saturated rings. The quantitative estimate of drug-likeness (QED) is 0.706. The minimum Gasteiger partial charge on any atom is -0.243 e. The van der Waals surface area contributed by atoms with Crippen molar-refractivity contribution < 1.29 is 0 Å². The van der Waals surface area contributed by atoms with Crippen molar-refractivity contribution in [3.63, 3.8) is 0 Å². The normalized spacial score (nSPS) is 10.8. The molecule has 12 heavy (non-hydrogen) atoms. The van der Waals surface area contributed by atoms with E-state index < -0.39 is 0 Å². The van der Waals surface area contributed by atoms with E-state index >= 15 is 0 Å². The summed E-state index contributed by atoms with van der Waals surface area (Å²) in [7, 11) is 0. The van der Waals surface area contributed by atoms with Gasteiger partial charge in [-0.1, -0.05) is 13.3 Å². The molecular formula is C9H10N2S. The Kier molecular flexibility index (Phi) is 2.04. The number of nitrogens with zero attached hydrogens (tertiary/aromatic N) is 2. The number of hydrogen-bond donors (Lipinski definition) is 0. The fourth-order valence-corrected chi connectivity index (χ4v) is 1.86. The van der Waals surface area contributed by atoms with Gasteiger partial charge in [0.05, 0.1) is 11.0 Å². The second-order valence-electron chi connectivity index (χ2n) is 2.73. The molecule has 0 aliphatic carbocycles. The van der Waals surface area contributed by atoms with Crippen LogP contribution in [0.1, 0.15) is 19.0 Å². The highest BCUT2D eigenvalue weighted by molar-refractivity contribution is 7.16. The summed E-state index contributed by atoms with van der Waals surface area (Å²) in [6, 6.07) is 4.11. The monoisotopic (exact) mass is 178 g/mol. The molecule has 0 amide bonds. The maximum Gasteiger partial charge on any atom is 0.143 e. The number of aryl methyl sites for hydroxylation is 1. The third-order valence-corrected chi connectivity index (χ3v) is 2.49. The van der Waals surface area contributed by atoms with Gasteiger partial charge in [-0.3, -0.25) is 0 Å². The third-order valence-electron chi connectivity index (χ3n) is 1.76. The van der Waals surface area contributed by atoms with Crippen molar-refractivity contribution in [2.45, 2.75) is 19.8 Å². The van der Waals surface area contributed by atoms with Crippen molar-refractivity contribution in [2.75, 3.05) is 0 Å². The van der Waals surface area contributed by atoms with Crippen LogP contribution < -0.4 is 0 Å². The summed E-state index contributed by atoms with van der Waals surface area (Å²) in [5.41, 5.74) is 4.03. The van der Waals surface area contributed by atoms with Gasteiger partial charge in [-0.05, 0) is 18.6 Å². The smallest absolute Gasteiger partial charge is 0.143 e. The number of fused-ring (bicyclic) bond motifs is 1. The molecule has 0 atom stereocenters. The molecule has 0 spiro atoms. The molecule has 2 heterocycles. The number of rotatable bonds is 2. The molecule has 62 valence electrons. The highest BCUT2D eigenvalue weighted by Crippen LogP contribution is 2.15. The Morgan fingerprint density at radius 2 is 2.33 bits per heavy atom. The standard InChI is InChI=1S/C9H10N2S/c1-2-3-7-4-5-8-9(11-7)12-6-10-8/h4-6H,2-3H2,1H3. The SMILES string of the molecule is CCCc1ccc2ncsc2n1. The van der Waals surface area contributed by atoms with Crippen LogP contribution in [0.15, 0.2) is 17.6 Å². The van der Waals surface area contributed by atoms with Crippen LogP contribution in [-0.4, -0.2) is 9.97 Å². The first-order valence-electron chi connectivity index (χ1n) is 4.09. The van der Waals surface area contributed by atoms with E-state index in [9.17, 15) is 0 Å². The predicted octanol–water partition coefficient (Wildman–Crippen LogP) is 2.64. The lowest BCUT2D eigenvalue weighted by atomic mass is 10.2. The second kappa shape index (κ2) is 3.19. The van der Waals surface area contributed by atoms with Gasteiger partial charge in [-0.15, -0.1) is 11.3 Å². The van der Waals surface area contributed by atoms with E-state index in [1.54, 1.807) is 11.3 Å². The van der Waals surface area contributed by atoms with E-state index in [1.165, 1.54) is 5.69 Å². The fraction of sp³-hybridized carbons (Fsp3) is 0.333. The van der Waals surface area contributed by atoms with Crippen LogP contribution in [0.2, 0.25) is 0 Å². The number of pyridine rings is 1. The largest absolute Gasteiger partial charge is 0.243 e. The molecule has 2 aromatic rings. The van der Waals surface area contributed by atoms with Crippen molar-refractivity contribution in [3.8, 4) is 0 Å². The summed E-state index contributed by atoms with van der Waals surface area (Å²) in [6.45, 7) is 2.17. The summed E-state index contributed by atoms with van der Waals surface area (Å²) >= 11 is 1.61. The molecule has 0 bridgehead atoms. The molecule has 0 radical (unpaired) electrons. The molecule has 0 aromatic carbocycles. The Hall–Kier alpha value is -0.960. The van der Waals surface area contributed by atoms with Crippen LogP contribution in [0, 0.1) is 0 Å². The molecule has 3 heteroatoms. The van der Waals surface area contributed by atoms with Crippen molar-refractivity contribution in [2.24, 2.45) is 0 Å². The fourth-order valence-electron chi connectivity index (χ4n) is 1.18. The van der Waals surface area contributed by atoms with Gasteiger partial charge in [0, 0.05) is 5.69 Å². The van der Waals surface area contributed by atoms with E-state index in [0.717, 1.165) is 23.2 Å². The molecule has 0 aliphatic rings. The average molecular weight is 178 g/mol. The molecule has 2 aromatic heterocycles. The number of thiazole rings is 1. The maximum absolute atomic E-state index is 4.48. The molecule has 0 saturated carbocycles. The first-order chi connectivity index (χ1) is 5.90. The van der Waals surface area contributed by atoms with Crippen molar-refractivity contribution in [3.05, 3.63) is 23.3 Å². The van der Waals surface area contributed by atoms with Crippen molar-refractivity contribution in [1.82, 2.24) is 9.97 Å². The molecule has 0 saturated heterocycles. The summed E-state index contributed by atoms with van der Waals surface area (Å²) in [5.74, 6) is 0. The first kappa shape index (κ1) is 7.68. The average Bonchev–Trinajstić information content (AvgIpc) is 2.51. The highest BCUT2D eigenvalue weighted by atomic mass is 32.1. The van der Waals surface area contributed by atoms with Gasteiger partial charge in [0.25, 0.3) is 0 Å². The lowest BCUT2D eigenvalue weighted by Gasteiger charge is -1.95. The van der Waals surface area contributed by atoms with E-state index in [4.69, 9.17) is 0 Å². The Morgan fingerprint density at radius 3 is 3.17 bits per heavy atom. The van der Waals surface area contributed by atoms with Gasteiger partial charge in [0.15, 0.2) is 0 Å². The Balaban J connectivity index is 2.46. The molecule has 0 aliphatic heterocycles. The highest BCUT2D eigenvalue weighted by Gasteiger charge is 1.98. The number of aromatic nitrogens is 2. The zero-order valence-corrected chi connectivity index (χ0v) is 7.77. The minimum absolute atomic E-state index is 1.01. The molecule has 2 nitrogen and oxygen atoms in total. The summed E-state index contributed by atoms with van der Waals surface area (Å²) in [6.07, 6.45) is 2.21. The number of hydrogen-bond acceptors (Lipinski definition) is 3. The van der Waals surface area contributed by atoms with Gasteiger partial charge in [0.2, 0.25) is 0 Å². The first-order valence-corrected chi connectivity index (χ1v) is 4.97. The Bertz CT molecular complexity index is 381. The molecule has 0 N–H and O–H groups in total. The van der Waals surface area contributed by atoms with Crippen LogP contribution in [0.25, 0.3) is 10.3 Å². The second-order valence-corrected chi connectivity index (χ2v) is 3.56. The Morgan fingerprint density at radius 1 is 1.42 bits per heavy atom. The van der Waals surface area contributed by atoms with Gasteiger partial charge >= 0.3 is 0 Å². The van der Waals surface area contributed by atoms with Crippen LogP contribution >= 0.6 is 11.3 Å². The van der Waals surface area contributed by atoms with Gasteiger partial charge in [0.1, 0.15) is 4.83 Å². The lowest BCUT2D eigenvalue weighted by molar-refractivity contribution is 0.891. The Labute approximate surface area is 75.3 Å². The van der Waals surface area contributed by atoms with Gasteiger partial charge < -0.3 is 0 Å². The van der Waals surface area contributed by atoms with E-state index in [2.05, 4.69) is 23.0 Å². The van der Waals surface area contributed by atoms with Crippen LogP contribution in [0.5, 0.6) is 0 Å². The third kappa shape index (κ3) is 1.32. The topological polar surface area (TPSA) is 25.8 Å². The van der Waals surface area contributed by atoms with Crippen molar-refractivity contribution in [1.29, 1.82) is 0 Å². The molecular weight excluding hydrogens is 168 g/mol. The lowest BCUT2D eigenvalue weighted by Crippen LogP contribution is -1.87. The summed E-state index contributed by atoms with van der Waals surface area (Å²) < 4.78 is 0. The van der Waals surface area contributed by atoms with Crippen LogP contribution in [-0.2, 0) is 6.42 Å². The molecule has 0 unspecified atom stereocenters. The zero-order chi connectivity index (χ0) is 8.39. The predicted molar refractivity (Wildman–Crippen MR) is 51.4 cm³/mol. The summed E-state index contributed by atoms with van der Waals surface area (Å²) in [4.78, 5) is 9.71. The van der Waals surface area contributed by atoms with E-state index in [-0.39, 0.29) is 0 Å². The zero-order valence-electron chi connectivity index (χ0n) is 6.95. The van der Waals surface area contributed by atoms with Crippen LogP contribution in [0.3, 0.4) is 0 Å².